The summed E-state index contributed by atoms with van der Waals surface area (Å²) in [4.78, 5) is 10.7. The van der Waals surface area contributed by atoms with Crippen molar-refractivity contribution in [2.75, 3.05) is 0 Å². The molecule has 0 saturated heterocycles. The summed E-state index contributed by atoms with van der Waals surface area (Å²) in [6, 6.07) is 61.8. The van der Waals surface area contributed by atoms with Crippen LogP contribution in [0.5, 0.6) is 0 Å². The molecule has 51 heavy (non-hydrogen) atoms. The van der Waals surface area contributed by atoms with E-state index in [9.17, 15) is 0 Å². The molecule has 2 aliphatic rings. The van der Waals surface area contributed by atoms with E-state index in [-0.39, 0.29) is 21.1 Å². The zero-order valence-electron chi connectivity index (χ0n) is 27.4. The molecule has 244 valence electrons. The molecular weight excluding hydrogens is 804 g/mol. The monoisotopic (exact) mass is 833 g/mol. The Kier molecular flexibility index (Phi) is 8.84. The number of fused-ring (bicyclic) bond motifs is 8. The van der Waals surface area contributed by atoms with Crippen LogP contribution in [-0.2, 0) is 21.1 Å². The van der Waals surface area contributed by atoms with E-state index in [1.54, 1.807) is 0 Å². The first-order valence-corrected chi connectivity index (χ1v) is 16.7. The van der Waals surface area contributed by atoms with Gasteiger partial charge in [0, 0.05) is 22.8 Å². The number of benzene rings is 6. The molecule has 1 aromatic heterocycles. The Labute approximate surface area is 311 Å². The van der Waals surface area contributed by atoms with E-state index in [1.807, 2.05) is 24.3 Å². The molecule has 0 atom stereocenters. The molecule has 9 rings (SSSR count). The van der Waals surface area contributed by atoms with Crippen LogP contribution >= 0.6 is 0 Å². The zero-order chi connectivity index (χ0) is 33.3. The first-order chi connectivity index (χ1) is 24.8. The molecule has 7 aromatic rings. The largest absolute Gasteiger partial charge is 2.00 e. The van der Waals surface area contributed by atoms with E-state index in [1.165, 1.54) is 0 Å². The molecule has 0 spiro atoms. The molecule has 0 aliphatic carbocycles. The molecule has 0 amide bonds. The Bertz CT molecular complexity index is 2260. The van der Waals surface area contributed by atoms with E-state index >= 15 is 0 Å². The normalized spacial score (nSPS) is 11.6. The summed E-state index contributed by atoms with van der Waals surface area (Å²) >= 11 is 0. The number of nitrogens with zero attached hydrogens (tertiary/aromatic N) is 4. The molecule has 6 aromatic carbocycles. The molecule has 8 bridgehead atoms. The van der Waals surface area contributed by atoms with Gasteiger partial charge in [-0.15, -0.1) is 59.3 Å². The average molecular weight is 834 g/mol. The third-order valence-electron chi connectivity index (χ3n) is 8.95. The van der Waals surface area contributed by atoms with Gasteiger partial charge in [-0.05, 0) is 59.6 Å². The maximum Gasteiger partial charge on any atom is 2.00 e. The summed E-state index contributed by atoms with van der Waals surface area (Å²) in [5, 5.41) is 1.88. The summed E-state index contributed by atoms with van der Waals surface area (Å²) in [7, 11) is 0. The number of rotatable bonds is 4. The van der Waals surface area contributed by atoms with Crippen molar-refractivity contribution in [2.45, 2.75) is 0 Å². The van der Waals surface area contributed by atoms with E-state index in [0.717, 1.165) is 78.5 Å². The fraction of sp³-hybridized carbons (Fsp3) is 0. The number of hydrogen-bond donors (Lipinski definition) is 0. The van der Waals surface area contributed by atoms with Crippen LogP contribution in [0.4, 0.5) is 0 Å². The third kappa shape index (κ3) is 6.16. The third-order valence-corrected chi connectivity index (χ3v) is 8.95. The van der Waals surface area contributed by atoms with Crippen LogP contribution in [0, 0.1) is 12.1 Å². The SMILES string of the molecule is [Pt+2].[c-]1c2cccc1n(-c1ccccc1)c1nc(c(-c3ccccc3)c3[c-]c(ccc3)n(-c3ccccc3)c3nc(c2-c2ccccc2)C=C3)C=C1. The number of aromatic nitrogens is 4. The van der Waals surface area contributed by atoms with E-state index < -0.39 is 0 Å². The zero-order valence-corrected chi connectivity index (χ0v) is 29.7. The Hall–Kier alpha value is -6.09. The van der Waals surface area contributed by atoms with Gasteiger partial charge in [-0.25, -0.2) is 9.97 Å². The molecule has 3 heterocycles. The summed E-state index contributed by atoms with van der Waals surface area (Å²) < 4.78 is 4.34. The molecule has 0 radical (unpaired) electrons. The molecule has 0 saturated carbocycles. The maximum atomic E-state index is 5.35. The molecule has 4 nitrogen and oxygen atoms in total. The van der Waals surface area contributed by atoms with E-state index in [2.05, 4.69) is 179 Å². The fourth-order valence-electron chi connectivity index (χ4n) is 6.73. The number of para-hydroxylation sites is 2. The minimum atomic E-state index is 0. The molecule has 2 aliphatic heterocycles. The Morgan fingerprint density at radius 2 is 0.745 bits per heavy atom. The van der Waals surface area contributed by atoms with E-state index in [0.29, 0.717) is 0 Å². The predicted octanol–water partition coefficient (Wildman–Crippen LogP) is 11.1. The van der Waals surface area contributed by atoms with Gasteiger partial charge in [0.05, 0.1) is 0 Å². The smallest absolute Gasteiger partial charge is 0.313 e. The van der Waals surface area contributed by atoms with Gasteiger partial charge in [0.15, 0.2) is 0 Å². The van der Waals surface area contributed by atoms with Crippen LogP contribution in [0.15, 0.2) is 158 Å². The summed E-state index contributed by atoms with van der Waals surface area (Å²) in [5.74, 6) is 1.61. The minimum absolute atomic E-state index is 0. The summed E-state index contributed by atoms with van der Waals surface area (Å²) in [6.45, 7) is 0. The number of hydrogen-bond acceptors (Lipinski definition) is 2. The van der Waals surface area contributed by atoms with Gasteiger partial charge < -0.3 is 9.13 Å². The van der Waals surface area contributed by atoms with Crippen LogP contribution in [0.1, 0.15) is 23.0 Å². The average Bonchev–Trinajstić information content (AvgIpc) is 3.85. The topological polar surface area (TPSA) is 35.6 Å². The Morgan fingerprint density at radius 1 is 0.373 bits per heavy atom. The molecule has 0 unspecified atom stereocenters. The van der Waals surface area contributed by atoms with Crippen LogP contribution in [0.2, 0.25) is 0 Å². The van der Waals surface area contributed by atoms with Crippen LogP contribution in [-0.4, -0.2) is 19.1 Å². The van der Waals surface area contributed by atoms with Gasteiger partial charge >= 0.3 is 21.1 Å². The van der Waals surface area contributed by atoms with Gasteiger partial charge in [0.25, 0.3) is 0 Å². The van der Waals surface area contributed by atoms with Gasteiger partial charge in [0.2, 0.25) is 0 Å². The van der Waals surface area contributed by atoms with Gasteiger partial charge in [0.1, 0.15) is 11.6 Å². The van der Waals surface area contributed by atoms with Crippen LogP contribution in [0.3, 0.4) is 0 Å². The summed E-state index contributed by atoms with van der Waals surface area (Å²) in [6.07, 6.45) is 8.40. The second kappa shape index (κ2) is 14.0. The maximum absolute atomic E-state index is 5.35. The second-order valence-corrected chi connectivity index (χ2v) is 12.1. The van der Waals surface area contributed by atoms with Crippen molar-refractivity contribution in [3.05, 3.63) is 193 Å². The predicted molar refractivity (Wildman–Crippen MR) is 206 cm³/mol. The molecule has 0 fully saturated rings. The van der Waals surface area contributed by atoms with Crippen molar-refractivity contribution in [2.24, 2.45) is 0 Å². The van der Waals surface area contributed by atoms with Crippen molar-refractivity contribution in [3.63, 3.8) is 0 Å². The van der Waals surface area contributed by atoms with Crippen LogP contribution < -0.4 is 0 Å². The van der Waals surface area contributed by atoms with Crippen molar-refractivity contribution in [3.8, 4) is 33.6 Å². The molecular formula is C46H30N4Pt. The van der Waals surface area contributed by atoms with Crippen molar-refractivity contribution < 1.29 is 21.1 Å². The summed E-state index contributed by atoms with van der Waals surface area (Å²) in [5.41, 5.74) is 9.60. The van der Waals surface area contributed by atoms with E-state index in [4.69, 9.17) is 9.97 Å². The van der Waals surface area contributed by atoms with Gasteiger partial charge in [-0.3, -0.25) is 0 Å². The van der Waals surface area contributed by atoms with Crippen molar-refractivity contribution in [1.29, 1.82) is 0 Å². The first kappa shape index (κ1) is 32.1. The fourth-order valence-corrected chi connectivity index (χ4v) is 6.73. The Morgan fingerprint density at radius 3 is 1.14 bits per heavy atom. The van der Waals surface area contributed by atoms with Gasteiger partial charge in [-0.2, -0.15) is 0 Å². The van der Waals surface area contributed by atoms with Crippen LogP contribution in [0.25, 0.3) is 79.7 Å². The molecule has 0 N–H and O–H groups in total. The van der Waals surface area contributed by atoms with Crippen molar-refractivity contribution >= 4 is 46.1 Å². The van der Waals surface area contributed by atoms with Gasteiger partial charge in [-0.1, -0.05) is 119 Å². The molecule has 5 heteroatoms. The standard InChI is InChI=1S/C46H30N4.Pt/c1-5-15-33(16-6-1)45-35-19-13-25-39(31-35)49(37-21-9-3-10-22-37)44-30-28-42(48-44)46(34-17-7-2-8-18-34)36-20-14-26-40(32-36)50(38-23-11-4-12-24-38)43-29-27-41(45)47-43;/h1-30H;/q-2;+2. The quantitative estimate of drug-likeness (QED) is 0.166. The minimum Gasteiger partial charge on any atom is -0.313 e. The Balaban J connectivity index is 0.00000374. The second-order valence-electron chi connectivity index (χ2n) is 12.1. The van der Waals surface area contributed by atoms with Crippen molar-refractivity contribution in [1.82, 2.24) is 19.1 Å². The first-order valence-electron chi connectivity index (χ1n) is 16.7.